The second-order valence-electron chi connectivity index (χ2n) is 7.46. The van der Waals surface area contributed by atoms with Crippen molar-refractivity contribution in [2.75, 3.05) is 37.6 Å². The molecule has 1 fully saturated rings. The second kappa shape index (κ2) is 10.9. The molecule has 2 aliphatic rings. The number of guanidine groups is 1. The summed E-state index contributed by atoms with van der Waals surface area (Å²) in [5.74, 6) is 1.96. The lowest BCUT2D eigenvalue weighted by molar-refractivity contribution is -0.118. The maximum Gasteiger partial charge on any atom is 0.227 e. The van der Waals surface area contributed by atoms with Gasteiger partial charge >= 0.3 is 0 Å². The van der Waals surface area contributed by atoms with E-state index in [4.69, 9.17) is 4.99 Å². The number of benzene rings is 1. The highest BCUT2D eigenvalue weighted by Gasteiger charge is 2.23. The molecule has 0 aromatic heterocycles. The van der Waals surface area contributed by atoms with Crippen molar-refractivity contribution in [2.24, 2.45) is 10.9 Å². The highest BCUT2D eigenvalue weighted by atomic mass is 127. The molecule has 1 saturated heterocycles. The van der Waals surface area contributed by atoms with E-state index in [2.05, 4.69) is 36.2 Å². The largest absolute Gasteiger partial charge is 0.357 e. The Hall–Kier alpha value is -1.31. The van der Waals surface area contributed by atoms with Crippen molar-refractivity contribution < 1.29 is 4.79 Å². The molecule has 0 bridgehead atoms. The Kier molecular flexibility index (Phi) is 8.86. The number of fused-ring (bicyclic) bond motifs is 1. The van der Waals surface area contributed by atoms with E-state index in [9.17, 15) is 4.79 Å². The van der Waals surface area contributed by atoms with Gasteiger partial charge in [0.2, 0.25) is 5.91 Å². The number of hydrogen-bond donors (Lipinski definition) is 1. The van der Waals surface area contributed by atoms with Crippen LogP contribution in [0, 0.1) is 5.92 Å². The third-order valence-corrected chi connectivity index (χ3v) is 5.29. The average Bonchev–Trinajstić information content (AvgIpc) is 3.08. The molecule has 0 saturated carbocycles. The molecular formula is C21H33IN4O. The van der Waals surface area contributed by atoms with Crippen molar-refractivity contribution >= 4 is 41.5 Å². The standard InChI is InChI=1S/C21H32N4O.HI/c1-3-22-21(24-14-7-8-17(2)16-24)23-13-6-11-20(26)25-15-12-18-9-4-5-10-19(18)25;/h4-5,9-10,17H,3,6-8,11-16H2,1-2H3,(H,22,23);1H. The SMILES string of the molecule is CCNC(=NCCCC(=O)N1CCc2ccccc21)N1CCCC(C)C1.I. The molecule has 0 radical (unpaired) electrons. The van der Waals surface area contributed by atoms with E-state index < -0.39 is 0 Å². The van der Waals surface area contributed by atoms with Crippen LogP contribution >= 0.6 is 24.0 Å². The van der Waals surface area contributed by atoms with Crippen molar-refractivity contribution in [3.63, 3.8) is 0 Å². The van der Waals surface area contributed by atoms with Gasteiger partial charge < -0.3 is 15.1 Å². The molecule has 1 aromatic carbocycles. The number of carbonyl (C=O) groups excluding carboxylic acids is 1. The van der Waals surface area contributed by atoms with Crippen molar-refractivity contribution in [3.8, 4) is 0 Å². The number of hydrogen-bond acceptors (Lipinski definition) is 2. The van der Waals surface area contributed by atoms with Crippen LogP contribution in [0.4, 0.5) is 5.69 Å². The minimum absolute atomic E-state index is 0. The van der Waals surface area contributed by atoms with Crippen LogP contribution in [0.15, 0.2) is 29.3 Å². The van der Waals surface area contributed by atoms with Crippen molar-refractivity contribution in [3.05, 3.63) is 29.8 Å². The third kappa shape index (κ3) is 5.83. The average molecular weight is 484 g/mol. The Bertz CT molecular complexity index is 649. The van der Waals surface area contributed by atoms with Gasteiger partial charge in [-0.05, 0) is 50.2 Å². The van der Waals surface area contributed by atoms with Gasteiger partial charge in [0, 0.05) is 44.8 Å². The number of para-hydroxylation sites is 1. The summed E-state index contributed by atoms with van der Waals surface area (Å²) in [5.41, 5.74) is 2.38. The molecule has 2 aliphatic heterocycles. The maximum absolute atomic E-state index is 12.6. The fraction of sp³-hybridized carbons (Fsp3) is 0.619. The molecule has 1 unspecified atom stereocenters. The van der Waals surface area contributed by atoms with Gasteiger partial charge in [-0.25, -0.2) is 0 Å². The second-order valence-corrected chi connectivity index (χ2v) is 7.46. The lowest BCUT2D eigenvalue weighted by Crippen LogP contribution is -2.46. The number of amides is 1. The van der Waals surface area contributed by atoms with E-state index in [-0.39, 0.29) is 29.9 Å². The smallest absolute Gasteiger partial charge is 0.227 e. The van der Waals surface area contributed by atoms with Crippen molar-refractivity contribution in [1.82, 2.24) is 10.2 Å². The molecule has 2 heterocycles. The van der Waals surface area contributed by atoms with E-state index in [1.165, 1.54) is 18.4 Å². The Morgan fingerprint density at radius 3 is 2.89 bits per heavy atom. The number of aliphatic imine (C=N–C) groups is 1. The number of nitrogens with one attached hydrogen (secondary N) is 1. The first kappa shape index (κ1) is 22.0. The van der Waals surface area contributed by atoms with Crippen LogP contribution in [-0.2, 0) is 11.2 Å². The lowest BCUT2D eigenvalue weighted by Gasteiger charge is -2.33. The van der Waals surface area contributed by atoms with Crippen molar-refractivity contribution in [2.45, 2.75) is 46.0 Å². The molecule has 0 spiro atoms. The van der Waals surface area contributed by atoms with E-state index in [0.717, 1.165) is 56.6 Å². The molecule has 1 atom stereocenters. The Balaban J connectivity index is 0.00000261. The fourth-order valence-corrected chi connectivity index (χ4v) is 3.96. The van der Waals surface area contributed by atoms with Crippen LogP contribution < -0.4 is 10.2 Å². The summed E-state index contributed by atoms with van der Waals surface area (Å²) >= 11 is 0. The molecule has 27 heavy (non-hydrogen) atoms. The van der Waals surface area contributed by atoms with Gasteiger partial charge in [-0.2, -0.15) is 0 Å². The summed E-state index contributed by atoms with van der Waals surface area (Å²) in [5, 5.41) is 3.41. The first-order chi connectivity index (χ1) is 12.7. The van der Waals surface area contributed by atoms with E-state index >= 15 is 0 Å². The number of anilines is 1. The number of halogens is 1. The van der Waals surface area contributed by atoms with Crippen LogP contribution in [0.1, 0.15) is 45.1 Å². The van der Waals surface area contributed by atoms with Gasteiger partial charge in [0.25, 0.3) is 0 Å². The van der Waals surface area contributed by atoms with Crippen molar-refractivity contribution in [1.29, 1.82) is 0 Å². The highest BCUT2D eigenvalue weighted by Crippen LogP contribution is 2.28. The fourth-order valence-electron chi connectivity index (χ4n) is 3.96. The minimum atomic E-state index is 0. The molecule has 150 valence electrons. The van der Waals surface area contributed by atoms with Gasteiger partial charge in [-0.3, -0.25) is 9.79 Å². The third-order valence-electron chi connectivity index (χ3n) is 5.29. The van der Waals surface area contributed by atoms with E-state index in [1.54, 1.807) is 0 Å². The molecule has 1 N–H and O–H groups in total. The number of piperidine rings is 1. The first-order valence-corrected chi connectivity index (χ1v) is 10.1. The summed E-state index contributed by atoms with van der Waals surface area (Å²) in [6, 6.07) is 8.23. The Morgan fingerprint density at radius 1 is 1.30 bits per heavy atom. The lowest BCUT2D eigenvalue weighted by atomic mass is 10.0. The Morgan fingerprint density at radius 2 is 2.11 bits per heavy atom. The van der Waals surface area contributed by atoms with Crippen LogP contribution in [0.2, 0.25) is 0 Å². The monoisotopic (exact) mass is 484 g/mol. The number of carbonyl (C=O) groups is 1. The van der Waals surface area contributed by atoms with Gasteiger partial charge in [-0.1, -0.05) is 25.1 Å². The highest BCUT2D eigenvalue weighted by molar-refractivity contribution is 14.0. The number of likely N-dealkylation sites (tertiary alicyclic amines) is 1. The summed E-state index contributed by atoms with van der Waals surface area (Å²) < 4.78 is 0. The first-order valence-electron chi connectivity index (χ1n) is 10.1. The van der Waals surface area contributed by atoms with Crippen LogP contribution in [-0.4, -0.2) is 49.5 Å². The Labute approximate surface area is 180 Å². The molecular weight excluding hydrogens is 451 g/mol. The molecule has 6 heteroatoms. The molecule has 0 aliphatic carbocycles. The van der Waals surface area contributed by atoms with Gasteiger partial charge in [0.1, 0.15) is 0 Å². The van der Waals surface area contributed by atoms with Gasteiger partial charge in [0.05, 0.1) is 0 Å². The van der Waals surface area contributed by atoms with E-state index in [1.807, 2.05) is 17.0 Å². The zero-order chi connectivity index (χ0) is 18.4. The van der Waals surface area contributed by atoms with Gasteiger partial charge in [0.15, 0.2) is 5.96 Å². The zero-order valence-corrected chi connectivity index (χ0v) is 18.9. The normalized spacial score (nSPS) is 19.5. The molecule has 3 rings (SSSR count). The van der Waals surface area contributed by atoms with Crippen LogP contribution in [0.5, 0.6) is 0 Å². The predicted molar refractivity (Wildman–Crippen MR) is 123 cm³/mol. The molecule has 1 aromatic rings. The molecule has 5 nitrogen and oxygen atoms in total. The predicted octanol–water partition coefficient (Wildman–Crippen LogP) is 3.67. The summed E-state index contributed by atoms with van der Waals surface area (Å²) in [6.07, 6.45) is 4.88. The topological polar surface area (TPSA) is 47.9 Å². The minimum Gasteiger partial charge on any atom is -0.357 e. The summed E-state index contributed by atoms with van der Waals surface area (Å²) in [4.78, 5) is 21.7. The molecule has 1 amide bonds. The summed E-state index contributed by atoms with van der Waals surface area (Å²) in [7, 11) is 0. The van der Waals surface area contributed by atoms with Crippen LogP contribution in [0.3, 0.4) is 0 Å². The number of nitrogens with zero attached hydrogens (tertiary/aromatic N) is 3. The quantitative estimate of drug-likeness (QED) is 0.300. The zero-order valence-electron chi connectivity index (χ0n) is 16.6. The summed E-state index contributed by atoms with van der Waals surface area (Å²) in [6.45, 7) is 8.98. The van der Waals surface area contributed by atoms with Gasteiger partial charge in [-0.15, -0.1) is 24.0 Å². The maximum atomic E-state index is 12.6. The van der Waals surface area contributed by atoms with Crippen LogP contribution in [0.25, 0.3) is 0 Å². The van der Waals surface area contributed by atoms with E-state index in [0.29, 0.717) is 13.0 Å². The number of rotatable bonds is 5.